The zero-order chi connectivity index (χ0) is 12.3. The Hall–Kier alpha value is -0.340. The Balaban J connectivity index is 1.69. The van der Waals surface area contributed by atoms with Crippen LogP contribution in [0.2, 0.25) is 0 Å². The van der Waals surface area contributed by atoms with Crippen LogP contribution in [-0.4, -0.2) is 6.54 Å². The van der Waals surface area contributed by atoms with E-state index in [0.29, 0.717) is 0 Å². The summed E-state index contributed by atoms with van der Waals surface area (Å²) in [6.45, 7) is 9.08. The summed E-state index contributed by atoms with van der Waals surface area (Å²) in [6.07, 6.45) is 5.72. The third kappa shape index (κ3) is 3.82. The molecule has 0 saturated heterocycles. The Morgan fingerprint density at radius 1 is 1.24 bits per heavy atom. The Labute approximate surface area is 110 Å². The summed E-state index contributed by atoms with van der Waals surface area (Å²) < 4.78 is 0. The van der Waals surface area contributed by atoms with Crippen LogP contribution < -0.4 is 5.32 Å². The second-order valence-electron chi connectivity index (χ2n) is 5.71. The lowest BCUT2D eigenvalue weighted by atomic mass is 9.83. The lowest BCUT2D eigenvalue weighted by molar-refractivity contribution is 0.281. The minimum absolute atomic E-state index is 0.924. The van der Waals surface area contributed by atoms with Crippen molar-refractivity contribution in [2.45, 2.75) is 53.0 Å². The van der Waals surface area contributed by atoms with Crippen LogP contribution in [0.5, 0.6) is 0 Å². The van der Waals surface area contributed by atoms with E-state index >= 15 is 0 Å². The van der Waals surface area contributed by atoms with Gasteiger partial charge in [-0.05, 0) is 56.7 Å². The second-order valence-corrected chi connectivity index (χ2v) is 7.05. The smallest absolute Gasteiger partial charge is 0.0300 e. The van der Waals surface area contributed by atoms with Gasteiger partial charge in [-0.3, -0.25) is 0 Å². The van der Waals surface area contributed by atoms with Gasteiger partial charge >= 0.3 is 0 Å². The van der Waals surface area contributed by atoms with Crippen molar-refractivity contribution in [1.82, 2.24) is 5.32 Å². The quantitative estimate of drug-likeness (QED) is 0.842. The number of thiophene rings is 1. The lowest BCUT2D eigenvalue weighted by Gasteiger charge is -2.26. The standard InChI is InChI=1S/C15H25NS/c1-11-4-6-14(7-5-11)9-16-10-15-8-12(2)13(3)17-15/h8,11,14,16H,4-7,9-10H2,1-3H3. The Morgan fingerprint density at radius 3 is 2.53 bits per heavy atom. The van der Waals surface area contributed by atoms with Gasteiger partial charge in [0, 0.05) is 16.3 Å². The van der Waals surface area contributed by atoms with Gasteiger partial charge in [-0.25, -0.2) is 0 Å². The molecule has 1 N–H and O–H groups in total. The van der Waals surface area contributed by atoms with Crippen molar-refractivity contribution in [3.05, 3.63) is 21.4 Å². The van der Waals surface area contributed by atoms with Crippen molar-refractivity contribution >= 4 is 11.3 Å². The highest BCUT2D eigenvalue weighted by Gasteiger charge is 2.17. The highest BCUT2D eigenvalue weighted by Crippen LogP contribution is 2.28. The zero-order valence-corrected chi connectivity index (χ0v) is 12.2. The largest absolute Gasteiger partial charge is 0.312 e. The van der Waals surface area contributed by atoms with Crippen LogP contribution in [0.1, 0.15) is 47.9 Å². The number of hydrogen-bond acceptors (Lipinski definition) is 2. The summed E-state index contributed by atoms with van der Waals surface area (Å²) in [5, 5.41) is 3.64. The summed E-state index contributed by atoms with van der Waals surface area (Å²) in [5.41, 5.74) is 1.44. The molecule has 1 aromatic rings. The zero-order valence-electron chi connectivity index (χ0n) is 11.4. The van der Waals surface area contributed by atoms with Crippen molar-refractivity contribution in [2.24, 2.45) is 11.8 Å². The number of hydrogen-bond donors (Lipinski definition) is 1. The number of aryl methyl sites for hydroxylation is 2. The maximum atomic E-state index is 3.64. The summed E-state index contributed by atoms with van der Waals surface area (Å²) in [6, 6.07) is 2.33. The van der Waals surface area contributed by atoms with Gasteiger partial charge in [0.15, 0.2) is 0 Å². The molecule has 1 aliphatic rings. The molecule has 0 aromatic carbocycles. The fourth-order valence-electron chi connectivity index (χ4n) is 2.67. The molecule has 0 bridgehead atoms. The van der Waals surface area contributed by atoms with Crippen molar-refractivity contribution in [3.8, 4) is 0 Å². The van der Waals surface area contributed by atoms with Gasteiger partial charge in [0.05, 0.1) is 0 Å². The normalized spacial score (nSPS) is 25.1. The average molecular weight is 251 g/mol. The maximum absolute atomic E-state index is 3.64. The molecular formula is C15H25NS. The average Bonchev–Trinajstić information content (AvgIpc) is 2.61. The van der Waals surface area contributed by atoms with E-state index in [-0.39, 0.29) is 0 Å². The molecule has 1 aromatic heterocycles. The summed E-state index contributed by atoms with van der Waals surface area (Å²) in [7, 11) is 0. The van der Waals surface area contributed by atoms with Crippen LogP contribution in [0.15, 0.2) is 6.07 Å². The summed E-state index contributed by atoms with van der Waals surface area (Å²) in [5.74, 6) is 1.89. The van der Waals surface area contributed by atoms with E-state index in [4.69, 9.17) is 0 Å². The van der Waals surface area contributed by atoms with E-state index in [1.54, 1.807) is 0 Å². The van der Waals surface area contributed by atoms with Crippen LogP contribution in [-0.2, 0) is 6.54 Å². The molecule has 1 nitrogen and oxygen atoms in total. The van der Waals surface area contributed by atoms with E-state index in [1.807, 2.05) is 11.3 Å². The van der Waals surface area contributed by atoms with E-state index in [1.165, 1.54) is 47.5 Å². The van der Waals surface area contributed by atoms with Gasteiger partial charge in [-0.2, -0.15) is 0 Å². The van der Waals surface area contributed by atoms with Crippen molar-refractivity contribution in [3.63, 3.8) is 0 Å². The van der Waals surface area contributed by atoms with E-state index in [9.17, 15) is 0 Å². The summed E-state index contributed by atoms with van der Waals surface area (Å²) >= 11 is 1.94. The van der Waals surface area contributed by atoms with Gasteiger partial charge in [-0.15, -0.1) is 11.3 Å². The van der Waals surface area contributed by atoms with Gasteiger partial charge in [0.2, 0.25) is 0 Å². The molecule has 2 heteroatoms. The van der Waals surface area contributed by atoms with Crippen molar-refractivity contribution < 1.29 is 0 Å². The first kappa shape index (κ1) is 13.1. The molecule has 0 aliphatic heterocycles. The minimum atomic E-state index is 0.924. The van der Waals surface area contributed by atoms with Crippen LogP contribution >= 0.6 is 11.3 Å². The molecule has 0 amide bonds. The molecule has 2 rings (SSSR count). The molecule has 1 fully saturated rings. The maximum Gasteiger partial charge on any atom is 0.0300 e. The lowest BCUT2D eigenvalue weighted by Crippen LogP contribution is -2.25. The third-order valence-electron chi connectivity index (χ3n) is 4.08. The van der Waals surface area contributed by atoms with Crippen molar-refractivity contribution in [1.29, 1.82) is 0 Å². The van der Waals surface area contributed by atoms with Gasteiger partial charge in [0.1, 0.15) is 0 Å². The molecule has 1 saturated carbocycles. The van der Waals surface area contributed by atoms with Gasteiger partial charge < -0.3 is 5.32 Å². The Morgan fingerprint density at radius 2 is 1.94 bits per heavy atom. The van der Waals surface area contributed by atoms with Gasteiger partial charge in [0.25, 0.3) is 0 Å². The molecule has 0 atom stereocenters. The topological polar surface area (TPSA) is 12.0 Å². The van der Waals surface area contributed by atoms with E-state index in [0.717, 1.165) is 18.4 Å². The molecule has 0 spiro atoms. The fourth-order valence-corrected chi connectivity index (χ4v) is 3.69. The van der Waals surface area contributed by atoms with Crippen LogP contribution in [0, 0.1) is 25.7 Å². The highest BCUT2D eigenvalue weighted by molar-refractivity contribution is 7.12. The molecule has 96 valence electrons. The highest BCUT2D eigenvalue weighted by atomic mass is 32.1. The van der Waals surface area contributed by atoms with Crippen LogP contribution in [0.4, 0.5) is 0 Å². The predicted molar refractivity (Wildman–Crippen MR) is 76.6 cm³/mol. The summed E-state index contributed by atoms with van der Waals surface area (Å²) in [4.78, 5) is 2.96. The third-order valence-corrected chi connectivity index (χ3v) is 5.24. The molecule has 1 aliphatic carbocycles. The molecule has 1 heterocycles. The molecule has 17 heavy (non-hydrogen) atoms. The predicted octanol–water partition coefficient (Wildman–Crippen LogP) is 4.28. The Bertz CT molecular complexity index is 328. The molecule has 0 unspecified atom stereocenters. The fraction of sp³-hybridized carbons (Fsp3) is 0.733. The minimum Gasteiger partial charge on any atom is -0.312 e. The number of nitrogens with one attached hydrogen (secondary N) is 1. The van der Waals surface area contributed by atoms with Crippen LogP contribution in [0.3, 0.4) is 0 Å². The van der Waals surface area contributed by atoms with E-state index < -0.39 is 0 Å². The first-order valence-electron chi connectivity index (χ1n) is 6.91. The molecule has 0 radical (unpaired) electrons. The van der Waals surface area contributed by atoms with Crippen LogP contribution in [0.25, 0.3) is 0 Å². The first-order valence-corrected chi connectivity index (χ1v) is 7.73. The van der Waals surface area contributed by atoms with Crippen molar-refractivity contribution in [2.75, 3.05) is 6.54 Å². The second kappa shape index (κ2) is 6.01. The monoisotopic (exact) mass is 251 g/mol. The Kier molecular flexibility index (Phi) is 4.63. The van der Waals surface area contributed by atoms with E-state index in [2.05, 4.69) is 32.2 Å². The first-order chi connectivity index (χ1) is 8.15. The molecular weight excluding hydrogens is 226 g/mol. The SMILES string of the molecule is Cc1cc(CNCC2CCC(C)CC2)sc1C. The number of rotatable bonds is 4. The van der Waals surface area contributed by atoms with Gasteiger partial charge in [-0.1, -0.05) is 19.8 Å².